The van der Waals surface area contributed by atoms with Crippen molar-refractivity contribution in [2.45, 2.75) is 32.6 Å². The molecule has 2 aromatic rings. The van der Waals surface area contributed by atoms with Crippen LogP contribution in [-0.4, -0.2) is 49.6 Å². The normalized spacial score (nSPS) is 12.7. The predicted octanol–water partition coefficient (Wildman–Crippen LogP) is -0.193. The van der Waals surface area contributed by atoms with Crippen LogP contribution in [0.5, 0.6) is 0 Å². The summed E-state index contributed by atoms with van der Waals surface area (Å²) in [5.41, 5.74) is -0.639. The highest BCUT2D eigenvalue weighted by molar-refractivity contribution is 5.74. The van der Waals surface area contributed by atoms with Crippen LogP contribution in [0.15, 0.2) is 22.2 Å². The molecule has 0 saturated carbocycles. The maximum atomic E-state index is 12.2. The first-order valence-corrected chi connectivity index (χ1v) is 7.69. The number of nitrogens with one attached hydrogen (secondary N) is 2. The van der Waals surface area contributed by atoms with Crippen molar-refractivity contribution in [2.75, 3.05) is 18.5 Å². The minimum absolute atomic E-state index is 0.0123. The van der Waals surface area contributed by atoms with Crippen molar-refractivity contribution in [1.82, 2.24) is 19.1 Å². The van der Waals surface area contributed by atoms with E-state index in [9.17, 15) is 14.7 Å². The minimum atomic E-state index is -0.828. The third-order valence-electron chi connectivity index (χ3n) is 3.43. The summed E-state index contributed by atoms with van der Waals surface area (Å²) in [6.45, 7) is 8.02. The smallest absolute Gasteiger partial charge is 0.329 e. The number of imidazole rings is 1. The fraction of sp³-hybridized carbons (Fsp3) is 0.533. The van der Waals surface area contributed by atoms with Crippen molar-refractivity contribution >= 4 is 17.1 Å². The van der Waals surface area contributed by atoms with E-state index in [0.29, 0.717) is 12.5 Å². The topological polar surface area (TPSA) is 114 Å². The van der Waals surface area contributed by atoms with Gasteiger partial charge in [0.25, 0.3) is 5.56 Å². The van der Waals surface area contributed by atoms with Crippen molar-refractivity contribution < 1.29 is 9.84 Å². The van der Waals surface area contributed by atoms with E-state index in [1.807, 2.05) is 13.8 Å². The number of aryl methyl sites for hydroxylation is 1. The average molecular weight is 337 g/mol. The van der Waals surface area contributed by atoms with Crippen LogP contribution in [0, 0.1) is 0 Å². The number of hydrogen-bond acceptors (Lipinski definition) is 6. The van der Waals surface area contributed by atoms with Crippen LogP contribution in [-0.2, 0) is 18.3 Å². The van der Waals surface area contributed by atoms with Gasteiger partial charge in [-0.25, -0.2) is 4.79 Å². The van der Waals surface area contributed by atoms with Gasteiger partial charge in [-0.2, -0.15) is 4.98 Å². The van der Waals surface area contributed by atoms with Crippen LogP contribution < -0.4 is 16.6 Å². The number of aliphatic hydroxyl groups excluding tert-OH is 1. The van der Waals surface area contributed by atoms with E-state index >= 15 is 0 Å². The van der Waals surface area contributed by atoms with Gasteiger partial charge in [0.2, 0.25) is 5.95 Å². The molecule has 0 bridgehead atoms. The zero-order valence-corrected chi connectivity index (χ0v) is 14.1. The molecule has 0 fully saturated rings. The van der Waals surface area contributed by atoms with Crippen LogP contribution in [0.2, 0.25) is 0 Å². The lowest BCUT2D eigenvalue weighted by Crippen LogP contribution is -2.30. The lowest BCUT2D eigenvalue weighted by atomic mass is 10.3. The van der Waals surface area contributed by atoms with E-state index in [-0.39, 0.29) is 30.4 Å². The third-order valence-corrected chi connectivity index (χ3v) is 3.43. The summed E-state index contributed by atoms with van der Waals surface area (Å²) >= 11 is 0. The van der Waals surface area contributed by atoms with Gasteiger partial charge < -0.3 is 19.7 Å². The van der Waals surface area contributed by atoms with E-state index in [1.165, 1.54) is 11.6 Å². The van der Waals surface area contributed by atoms with Crippen LogP contribution in [0.3, 0.4) is 0 Å². The molecule has 0 saturated heterocycles. The van der Waals surface area contributed by atoms with Crippen molar-refractivity contribution in [3.63, 3.8) is 0 Å². The lowest BCUT2D eigenvalue weighted by molar-refractivity contribution is -0.000103. The second-order valence-corrected chi connectivity index (χ2v) is 5.74. The number of aromatic amines is 1. The van der Waals surface area contributed by atoms with E-state index in [1.54, 1.807) is 10.6 Å². The number of hydrogen-bond donors (Lipinski definition) is 3. The summed E-state index contributed by atoms with van der Waals surface area (Å²) in [7, 11) is 1.52. The Hall–Kier alpha value is -2.39. The Balaban J connectivity index is 2.48. The van der Waals surface area contributed by atoms with Gasteiger partial charge in [-0.3, -0.25) is 14.3 Å². The Kier molecular flexibility index (Phi) is 5.58. The van der Waals surface area contributed by atoms with E-state index in [4.69, 9.17) is 4.74 Å². The highest BCUT2D eigenvalue weighted by Crippen LogP contribution is 2.16. The molecule has 0 unspecified atom stereocenters. The molecule has 9 nitrogen and oxygen atoms in total. The third kappa shape index (κ3) is 3.74. The lowest BCUT2D eigenvalue weighted by Gasteiger charge is -2.16. The number of H-pyrrole nitrogens is 1. The van der Waals surface area contributed by atoms with Gasteiger partial charge >= 0.3 is 5.69 Å². The first-order chi connectivity index (χ1) is 11.3. The highest BCUT2D eigenvalue weighted by Gasteiger charge is 2.19. The van der Waals surface area contributed by atoms with Crippen LogP contribution in [0.25, 0.3) is 11.2 Å². The molecule has 2 aromatic heterocycles. The van der Waals surface area contributed by atoms with Gasteiger partial charge in [0.05, 0.1) is 25.4 Å². The van der Waals surface area contributed by atoms with Crippen molar-refractivity contribution in [1.29, 1.82) is 0 Å². The summed E-state index contributed by atoms with van der Waals surface area (Å²) in [5.74, 6) is 0.375. The molecular weight excluding hydrogens is 314 g/mol. The Morgan fingerprint density at radius 1 is 1.46 bits per heavy atom. The van der Waals surface area contributed by atoms with Crippen molar-refractivity contribution in [2.24, 2.45) is 7.05 Å². The van der Waals surface area contributed by atoms with Crippen LogP contribution in [0.4, 0.5) is 5.95 Å². The molecule has 0 radical (unpaired) electrons. The Labute approximate surface area is 138 Å². The number of ether oxygens (including phenoxy) is 1. The summed E-state index contributed by atoms with van der Waals surface area (Å²) in [6, 6.07) is 0. The monoisotopic (exact) mass is 337 g/mol. The molecule has 0 spiro atoms. The van der Waals surface area contributed by atoms with Crippen molar-refractivity contribution in [3.05, 3.63) is 33.5 Å². The van der Waals surface area contributed by atoms with Gasteiger partial charge in [0.1, 0.15) is 0 Å². The molecule has 0 aliphatic carbocycles. The van der Waals surface area contributed by atoms with Crippen LogP contribution in [0.1, 0.15) is 13.8 Å². The summed E-state index contributed by atoms with van der Waals surface area (Å²) in [5, 5.41) is 13.2. The zero-order valence-electron chi connectivity index (χ0n) is 14.1. The Morgan fingerprint density at radius 2 is 2.17 bits per heavy atom. The summed E-state index contributed by atoms with van der Waals surface area (Å²) in [6.07, 6.45) is 0.804. The SMILES string of the molecule is C=CCNc1nc2c(c(=O)[nH]c(=O)n2C)n1C[C@H](O)COC(C)C. The first kappa shape index (κ1) is 18.0. The predicted molar refractivity (Wildman–Crippen MR) is 91.4 cm³/mol. The number of rotatable bonds is 8. The summed E-state index contributed by atoms with van der Waals surface area (Å²) < 4.78 is 8.20. The number of aromatic nitrogens is 4. The quantitative estimate of drug-likeness (QED) is 0.575. The Morgan fingerprint density at radius 3 is 2.79 bits per heavy atom. The molecule has 132 valence electrons. The number of fused-ring (bicyclic) bond motifs is 1. The molecule has 0 amide bonds. The molecule has 0 aliphatic rings. The van der Waals surface area contributed by atoms with Gasteiger partial charge in [0.15, 0.2) is 11.2 Å². The largest absolute Gasteiger partial charge is 0.389 e. The maximum absolute atomic E-state index is 12.2. The number of anilines is 1. The Bertz CT molecular complexity index is 833. The fourth-order valence-corrected chi connectivity index (χ4v) is 2.28. The average Bonchev–Trinajstić information content (AvgIpc) is 2.87. The molecule has 2 heterocycles. The van der Waals surface area contributed by atoms with Gasteiger partial charge in [-0.05, 0) is 13.8 Å². The first-order valence-electron chi connectivity index (χ1n) is 7.69. The minimum Gasteiger partial charge on any atom is -0.389 e. The maximum Gasteiger partial charge on any atom is 0.329 e. The second-order valence-electron chi connectivity index (χ2n) is 5.74. The van der Waals surface area contributed by atoms with Crippen molar-refractivity contribution in [3.8, 4) is 0 Å². The van der Waals surface area contributed by atoms with Gasteiger partial charge in [0, 0.05) is 13.6 Å². The van der Waals surface area contributed by atoms with Gasteiger partial charge in [-0.1, -0.05) is 6.08 Å². The zero-order chi connectivity index (χ0) is 17.9. The van der Waals surface area contributed by atoms with Crippen LogP contribution >= 0.6 is 0 Å². The summed E-state index contributed by atoms with van der Waals surface area (Å²) in [4.78, 5) is 30.5. The molecule has 2 rings (SSSR count). The van der Waals surface area contributed by atoms with Gasteiger partial charge in [-0.15, -0.1) is 6.58 Å². The second kappa shape index (κ2) is 7.45. The molecule has 1 atom stereocenters. The molecule has 24 heavy (non-hydrogen) atoms. The number of nitrogens with zero attached hydrogens (tertiary/aromatic N) is 3. The molecule has 9 heteroatoms. The highest BCUT2D eigenvalue weighted by atomic mass is 16.5. The fourth-order valence-electron chi connectivity index (χ4n) is 2.28. The molecule has 3 N–H and O–H groups in total. The van der Waals surface area contributed by atoms with E-state index in [0.717, 1.165) is 0 Å². The molecular formula is C15H23N5O4. The molecule has 0 aromatic carbocycles. The number of aliphatic hydroxyl groups is 1. The molecule has 0 aliphatic heterocycles. The van der Waals surface area contributed by atoms with E-state index < -0.39 is 17.4 Å². The van der Waals surface area contributed by atoms with E-state index in [2.05, 4.69) is 21.9 Å². The standard InChI is InChI=1S/C15H23N5O4/c1-5-6-16-14-17-12-11(13(22)18-15(23)19(12)4)20(14)7-10(21)8-24-9(2)3/h5,9-10,21H,1,6-8H2,2-4H3,(H,16,17)(H,18,22,23)/t10-/m0/s1.